The zero-order valence-electron chi connectivity index (χ0n) is 9.41. The highest BCUT2D eigenvalue weighted by Crippen LogP contribution is 2.27. The fourth-order valence-corrected chi connectivity index (χ4v) is 2.31. The van der Waals surface area contributed by atoms with E-state index in [0.29, 0.717) is 5.92 Å². The van der Waals surface area contributed by atoms with Gasteiger partial charge in [0.1, 0.15) is 0 Å². The second kappa shape index (κ2) is 5.95. The zero-order chi connectivity index (χ0) is 11.3. The summed E-state index contributed by atoms with van der Waals surface area (Å²) in [5, 5.41) is 11.0. The minimum Gasteiger partial charge on any atom is -0.465 e. The summed E-state index contributed by atoms with van der Waals surface area (Å²) in [5.41, 5.74) is 5.97. The number of amides is 1. The van der Waals surface area contributed by atoms with E-state index < -0.39 is 6.09 Å². The Morgan fingerprint density at radius 2 is 2.07 bits per heavy atom. The maximum absolute atomic E-state index is 10.4. The minimum absolute atomic E-state index is 0.0517. The summed E-state index contributed by atoms with van der Waals surface area (Å²) in [6.07, 6.45) is 6.43. The predicted octanol–water partition coefficient (Wildman–Crippen LogP) is 1.94. The molecule has 4 heteroatoms. The van der Waals surface area contributed by atoms with Gasteiger partial charge in [0.15, 0.2) is 0 Å². The lowest BCUT2D eigenvalue weighted by atomic mass is 9.84. The van der Waals surface area contributed by atoms with Crippen LogP contribution in [0.1, 0.15) is 45.4 Å². The lowest BCUT2D eigenvalue weighted by Crippen LogP contribution is -2.46. The summed E-state index contributed by atoms with van der Waals surface area (Å²) in [6, 6.07) is -0.200. The van der Waals surface area contributed by atoms with Crippen molar-refractivity contribution in [2.45, 2.75) is 57.5 Å². The van der Waals surface area contributed by atoms with Crippen molar-refractivity contribution in [2.75, 3.05) is 0 Å². The van der Waals surface area contributed by atoms with E-state index in [1.54, 1.807) is 0 Å². The molecule has 0 aliphatic heterocycles. The molecule has 0 radical (unpaired) electrons. The number of carbonyl (C=O) groups is 1. The zero-order valence-corrected chi connectivity index (χ0v) is 9.41. The average molecular weight is 214 g/mol. The third-order valence-electron chi connectivity index (χ3n) is 3.32. The highest BCUT2D eigenvalue weighted by Gasteiger charge is 2.21. The molecular formula is C11H22N2O2. The lowest BCUT2D eigenvalue weighted by Gasteiger charge is -2.27. The summed E-state index contributed by atoms with van der Waals surface area (Å²) in [4.78, 5) is 10.4. The third kappa shape index (κ3) is 4.51. The van der Waals surface area contributed by atoms with Crippen LogP contribution in [0, 0.1) is 5.92 Å². The van der Waals surface area contributed by atoms with E-state index in [0.717, 1.165) is 6.42 Å². The van der Waals surface area contributed by atoms with Crippen molar-refractivity contribution in [3.05, 3.63) is 0 Å². The Labute approximate surface area is 91.2 Å². The first-order valence-corrected chi connectivity index (χ1v) is 5.84. The molecule has 1 aliphatic carbocycles. The normalized spacial score (nSPS) is 22.0. The van der Waals surface area contributed by atoms with Gasteiger partial charge in [0, 0.05) is 12.1 Å². The topological polar surface area (TPSA) is 75.3 Å². The van der Waals surface area contributed by atoms with Crippen molar-refractivity contribution < 1.29 is 9.90 Å². The van der Waals surface area contributed by atoms with Gasteiger partial charge in [0.2, 0.25) is 0 Å². The molecule has 88 valence electrons. The molecule has 1 amide bonds. The highest BCUT2D eigenvalue weighted by atomic mass is 16.4. The van der Waals surface area contributed by atoms with E-state index in [9.17, 15) is 4.79 Å². The summed E-state index contributed by atoms with van der Waals surface area (Å²) in [6.45, 7) is 1.83. The van der Waals surface area contributed by atoms with E-state index in [1.807, 2.05) is 6.92 Å². The molecule has 0 aromatic rings. The van der Waals surface area contributed by atoms with Gasteiger partial charge in [-0.1, -0.05) is 32.1 Å². The summed E-state index contributed by atoms with van der Waals surface area (Å²) in [5.74, 6) is 0.701. The van der Waals surface area contributed by atoms with E-state index in [1.165, 1.54) is 32.1 Å². The van der Waals surface area contributed by atoms with Crippen molar-refractivity contribution in [1.82, 2.24) is 5.32 Å². The van der Waals surface area contributed by atoms with Crippen molar-refractivity contribution >= 4 is 6.09 Å². The monoisotopic (exact) mass is 214 g/mol. The molecular weight excluding hydrogens is 192 g/mol. The second-order valence-electron chi connectivity index (χ2n) is 4.64. The molecule has 0 bridgehead atoms. The van der Waals surface area contributed by atoms with Crippen molar-refractivity contribution in [1.29, 1.82) is 0 Å². The van der Waals surface area contributed by atoms with Crippen molar-refractivity contribution in [3.8, 4) is 0 Å². The summed E-state index contributed by atoms with van der Waals surface area (Å²) in [7, 11) is 0. The quantitative estimate of drug-likeness (QED) is 0.669. The SMILES string of the molecule is C[C@H](NC(=O)O)[C@@H](N)CC1CCCCC1. The molecule has 1 aliphatic rings. The van der Waals surface area contributed by atoms with Crippen LogP contribution < -0.4 is 11.1 Å². The molecule has 4 nitrogen and oxygen atoms in total. The maximum atomic E-state index is 10.4. The number of hydrogen-bond donors (Lipinski definition) is 3. The molecule has 1 saturated carbocycles. The molecule has 1 rings (SSSR count). The van der Waals surface area contributed by atoms with Crippen LogP contribution in [0.3, 0.4) is 0 Å². The molecule has 0 unspecified atom stereocenters. The molecule has 15 heavy (non-hydrogen) atoms. The van der Waals surface area contributed by atoms with Gasteiger partial charge >= 0.3 is 6.09 Å². The van der Waals surface area contributed by atoms with Gasteiger partial charge in [-0.05, 0) is 19.3 Å². The van der Waals surface area contributed by atoms with Crippen LogP contribution in [0.15, 0.2) is 0 Å². The van der Waals surface area contributed by atoms with Crippen LogP contribution in [0.5, 0.6) is 0 Å². The van der Waals surface area contributed by atoms with Crippen LogP contribution in [-0.4, -0.2) is 23.3 Å². The Kier molecular flexibility index (Phi) is 4.88. The van der Waals surface area contributed by atoms with Crippen molar-refractivity contribution in [3.63, 3.8) is 0 Å². The van der Waals surface area contributed by atoms with Crippen LogP contribution in [0.2, 0.25) is 0 Å². The van der Waals surface area contributed by atoms with Gasteiger partial charge in [-0.3, -0.25) is 0 Å². The Morgan fingerprint density at radius 3 is 2.60 bits per heavy atom. The summed E-state index contributed by atoms with van der Waals surface area (Å²) >= 11 is 0. The Balaban J connectivity index is 2.26. The van der Waals surface area contributed by atoms with Gasteiger partial charge in [-0.15, -0.1) is 0 Å². The standard InChI is InChI=1S/C11H22N2O2/c1-8(13-11(14)15)10(12)7-9-5-3-2-4-6-9/h8-10,13H,2-7,12H2,1H3,(H,14,15)/t8-,10-/m0/s1. The van der Waals surface area contributed by atoms with Crippen LogP contribution in [0.25, 0.3) is 0 Å². The van der Waals surface area contributed by atoms with Gasteiger partial charge in [0.25, 0.3) is 0 Å². The number of rotatable bonds is 4. The van der Waals surface area contributed by atoms with E-state index in [4.69, 9.17) is 10.8 Å². The van der Waals surface area contributed by atoms with Crippen LogP contribution in [-0.2, 0) is 0 Å². The first-order valence-electron chi connectivity index (χ1n) is 5.84. The molecule has 2 atom stereocenters. The Bertz CT molecular complexity index is 203. The average Bonchev–Trinajstić information content (AvgIpc) is 2.18. The van der Waals surface area contributed by atoms with E-state index in [2.05, 4.69) is 5.32 Å². The molecule has 0 heterocycles. The van der Waals surface area contributed by atoms with Crippen LogP contribution >= 0.6 is 0 Å². The van der Waals surface area contributed by atoms with E-state index >= 15 is 0 Å². The predicted molar refractivity (Wildman–Crippen MR) is 59.8 cm³/mol. The largest absolute Gasteiger partial charge is 0.465 e. The first kappa shape index (κ1) is 12.3. The minimum atomic E-state index is -0.985. The van der Waals surface area contributed by atoms with Crippen LogP contribution in [0.4, 0.5) is 4.79 Å². The third-order valence-corrected chi connectivity index (χ3v) is 3.32. The fraction of sp³-hybridized carbons (Fsp3) is 0.909. The lowest BCUT2D eigenvalue weighted by molar-refractivity contribution is 0.186. The summed E-state index contributed by atoms with van der Waals surface area (Å²) < 4.78 is 0. The molecule has 0 spiro atoms. The molecule has 0 saturated heterocycles. The van der Waals surface area contributed by atoms with Crippen molar-refractivity contribution in [2.24, 2.45) is 11.7 Å². The van der Waals surface area contributed by atoms with Gasteiger partial charge < -0.3 is 16.2 Å². The Hall–Kier alpha value is -0.770. The van der Waals surface area contributed by atoms with Gasteiger partial charge in [0.05, 0.1) is 0 Å². The van der Waals surface area contributed by atoms with Gasteiger partial charge in [-0.25, -0.2) is 4.79 Å². The second-order valence-corrected chi connectivity index (χ2v) is 4.64. The fourth-order valence-electron chi connectivity index (χ4n) is 2.31. The molecule has 0 aromatic carbocycles. The molecule has 4 N–H and O–H groups in total. The highest BCUT2D eigenvalue weighted by molar-refractivity contribution is 5.64. The maximum Gasteiger partial charge on any atom is 0.404 e. The number of nitrogens with one attached hydrogen (secondary N) is 1. The number of carboxylic acid groups (broad SMARTS) is 1. The smallest absolute Gasteiger partial charge is 0.404 e. The molecule has 1 fully saturated rings. The molecule has 0 aromatic heterocycles. The number of hydrogen-bond acceptors (Lipinski definition) is 2. The van der Waals surface area contributed by atoms with E-state index in [-0.39, 0.29) is 12.1 Å². The first-order chi connectivity index (χ1) is 7.09. The number of nitrogens with two attached hydrogens (primary N) is 1. The van der Waals surface area contributed by atoms with Gasteiger partial charge in [-0.2, -0.15) is 0 Å². The Morgan fingerprint density at radius 1 is 1.47 bits per heavy atom.